The Hall–Kier alpha value is -0.760. The summed E-state index contributed by atoms with van der Waals surface area (Å²) < 4.78 is 18.9. The van der Waals surface area contributed by atoms with Crippen molar-refractivity contribution in [3.8, 4) is 0 Å². The quantitative estimate of drug-likeness (QED) is 0.0481. The van der Waals surface area contributed by atoms with E-state index in [1.54, 1.807) is 0 Å². The molecule has 0 aromatic heterocycles. The molecule has 0 aromatic carbocycles. The van der Waals surface area contributed by atoms with Gasteiger partial charge in [-0.05, 0) is 176 Å². The number of unbranched alkanes of at least 4 members (excludes halogenated alkanes) is 12. The summed E-state index contributed by atoms with van der Waals surface area (Å²) in [5, 5.41) is 0. The summed E-state index contributed by atoms with van der Waals surface area (Å²) in [6, 6.07) is 0. The minimum atomic E-state index is -0.168. The lowest BCUT2D eigenvalue weighted by molar-refractivity contribution is -0.198. The molecular weight excluding hydrogens is 847 g/mol. The maximum absolute atomic E-state index is 7.98. The maximum Gasteiger partial charge on any atom is 0.0934 e. The molecule has 4 N–H and O–H groups in total. The first kappa shape index (κ1) is 59.1. The van der Waals surface area contributed by atoms with Gasteiger partial charge in [0, 0.05) is 49.5 Å². The Labute approximate surface area is 429 Å². The van der Waals surface area contributed by atoms with Gasteiger partial charge in [-0.3, -0.25) is 0 Å². The van der Waals surface area contributed by atoms with Crippen molar-refractivity contribution in [2.75, 3.05) is 52.7 Å². The van der Waals surface area contributed by atoms with E-state index in [4.69, 9.17) is 25.7 Å². The highest BCUT2D eigenvalue weighted by molar-refractivity contribution is 5.31. The fraction of sp³-hybridized carbons (Fsp3) is 0.937. The van der Waals surface area contributed by atoms with Gasteiger partial charge in [-0.25, -0.2) is 0 Å². The molecule has 0 spiro atoms. The van der Waals surface area contributed by atoms with E-state index in [0.29, 0.717) is 0 Å². The number of rotatable bonds is 36. The molecule has 0 bridgehead atoms. The lowest BCUT2D eigenvalue weighted by Crippen LogP contribution is -2.82. The van der Waals surface area contributed by atoms with Crippen molar-refractivity contribution in [3.63, 3.8) is 0 Å². The van der Waals surface area contributed by atoms with Crippen LogP contribution in [-0.4, -0.2) is 74.8 Å². The van der Waals surface area contributed by atoms with Gasteiger partial charge in [-0.15, -0.1) is 0 Å². The van der Waals surface area contributed by atoms with E-state index >= 15 is 0 Å². The van der Waals surface area contributed by atoms with E-state index in [0.717, 1.165) is 82.0 Å². The molecular formula is C63H117N3O3. The van der Waals surface area contributed by atoms with Gasteiger partial charge in [0.25, 0.3) is 0 Å². The van der Waals surface area contributed by atoms with E-state index in [9.17, 15) is 0 Å². The first-order chi connectivity index (χ1) is 33.3. The average Bonchev–Trinajstić information content (AvgIpc) is 3.62. The number of hydrogen-bond acceptors (Lipinski definition) is 6. The van der Waals surface area contributed by atoms with Crippen LogP contribution in [0.15, 0.2) is 24.3 Å². The number of ether oxygens (including phenoxy) is 3. The highest BCUT2D eigenvalue weighted by atomic mass is 16.5. The lowest BCUT2D eigenvalue weighted by Gasteiger charge is -2.74. The zero-order chi connectivity index (χ0) is 49.5. The molecule has 69 heavy (non-hydrogen) atoms. The summed E-state index contributed by atoms with van der Waals surface area (Å²) in [7, 11) is 0. The number of piperidine rings is 1. The second-order valence-electron chi connectivity index (χ2n) is 25.6. The number of allylic oxidation sites excluding steroid dienone is 4. The third kappa shape index (κ3) is 16.4. The second-order valence-corrected chi connectivity index (χ2v) is 25.6. The highest BCUT2D eigenvalue weighted by Crippen LogP contribution is 2.74. The smallest absolute Gasteiger partial charge is 0.0934 e. The van der Waals surface area contributed by atoms with Crippen LogP contribution in [0.25, 0.3) is 0 Å². The first-order valence-corrected chi connectivity index (χ1v) is 30.7. The largest absolute Gasteiger partial charge is 0.381 e. The van der Waals surface area contributed by atoms with Crippen LogP contribution in [0.2, 0.25) is 0 Å². The number of likely N-dealkylation sites (tertiary alicyclic amines) is 1. The van der Waals surface area contributed by atoms with Crippen molar-refractivity contribution in [2.45, 2.75) is 278 Å². The van der Waals surface area contributed by atoms with Gasteiger partial charge >= 0.3 is 0 Å². The summed E-state index contributed by atoms with van der Waals surface area (Å²) in [6.07, 6.45) is 52.0. The van der Waals surface area contributed by atoms with Crippen molar-refractivity contribution in [3.05, 3.63) is 24.3 Å². The molecule has 6 heteroatoms. The van der Waals surface area contributed by atoms with Gasteiger partial charge in [0.15, 0.2) is 0 Å². The van der Waals surface area contributed by atoms with E-state index < -0.39 is 0 Å². The van der Waals surface area contributed by atoms with Gasteiger partial charge < -0.3 is 30.6 Å². The molecule has 1 heterocycles. The minimum Gasteiger partial charge on any atom is -0.381 e. The Balaban J connectivity index is 0.900. The van der Waals surface area contributed by atoms with Crippen molar-refractivity contribution in [2.24, 2.45) is 57.3 Å². The number of nitrogens with two attached hydrogens (primary N) is 2. The number of hydrogen-bond donors (Lipinski definition) is 2. The molecule has 5 aliphatic rings. The van der Waals surface area contributed by atoms with Crippen molar-refractivity contribution in [1.82, 2.24) is 4.90 Å². The highest BCUT2D eigenvalue weighted by Gasteiger charge is 2.76. The zero-order valence-corrected chi connectivity index (χ0v) is 47.1. The third-order valence-electron chi connectivity index (χ3n) is 20.6. The number of nitrogens with zero attached hydrogens (tertiary/aromatic N) is 1. The van der Waals surface area contributed by atoms with E-state index in [1.807, 2.05) is 0 Å². The third-order valence-corrected chi connectivity index (χ3v) is 20.6. The zero-order valence-electron chi connectivity index (χ0n) is 47.1. The fourth-order valence-corrected chi connectivity index (χ4v) is 15.8. The van der Waals surface area contributed by atoms with Crippen LogP contribution in [0.4, 0.5) is 0 Å². The number of fused-ring (bicyclic) bond motifs is 5. The van der Waals surface area contributed by atoms with Crippen LogP contribution in [-0.2, 0) is 14.2 Å². The fourth-order valence-electron chi connectivity index (χ4n) is 15.8. The van der Waals surface area contributed by atoms with Crippen LogP contribution in [0.1, 0.15) is 260 Å². The minimum absolute atomic E-state index is 0.00439. The molecule has 10 atom stereocenters. The van der Waals surface area contributed by atoms with E-state index in [2.05, 4.69) is 77.7 Å². The molecule has 4 saturated carbocycles. The van der Waals surface area contributed by atoms with Gasteiger partial charge in [0.2, 0.25) is 0 Å². The summed E-state index contributed by atoms with van der Waals surface area (Å²) in [5.41, 5.74) is 16.0. The molecule has 5 fully saturated rings. The van der Waals surface area contributed by atoms with E-state index in [1.165, 1.54) is 212 Å². The molecule has 0 amide bonds. The maximum atomic E-state index is 7.98. The molecule has 3 unspecified atom stereocenters. The van der Waals surface area contributed by atoms with Crippen molar-refractivity contribution in [1.29, 1.82) is 0 Å². The summed E-state index contributed by atoms with van der Waals surface area (Å²) in [4.78, 5) is 2.60. The standard InChI is InChI=1S/C63H117N3O3/c1-8-9-10-11-12-13-14-15-16-17-18-19-20-21-22-23-24-29-47-68-52-57(51-66-44-27-25-28-45-66)69-49-32-48-67-46-30-26-35-55-36-39-59(5)56(50-55)37-40-61(7)62(64)41-38-58(54(4)34-31-33-53(2)3)60(62,6)42-43-63(59,61)65/h12-13,15-16,53-58H,8-11,14,17-52,64-65H2,1-7H3/b13-12-,16-15-/t54-,55+,56?,57?,58-,59+,60-,61?,62+,63+/m1/s1. The molecule has 4 aliphatic carbocycles. The predicted molar refractivity (Wildman–Crippen MR) is 297 cm³/mol. The topological polar surface area (TPSA) is 83.0 Å². The first-order valence-electron chi connectivity index (χ1n) is 30.7. The Morgan fingerprint density at radius 1 is 0.594 bits per heavy atom. The molecule has 1 saturated heterocycles. The van der Waals surface area contributed by atoms with Crippen LogP contribution >= 0.6 is 0 Å². The monoisotopic (exact) mass is 964 g/mol. The van der Waals surface area contributed by atoms with Crippen LogP contribution in [0.5, 0.6) is 0 Å². The van der Waals surface area contributed by atoms with Gasteiger partial charge in [0.05, 0.1) is 12.7 Å². The Morgan fingerprint density at radius 3 is 1.97 bits per heavy atom. The normalized spacial score (nSPS) is 32.8. The SMILES string of the molecule is CCCCC/C=C\C/C=C\CCCCCCCCCCOCC(CN1CCCCC1)OCCCOCCCC[C@H]1CC[C@@]2(C)C(CCC3(C)[C@]2(N)CC[C@]2(C)[C@@H]([C@H](C)CCCC(C)C)CC[C@@]32N)C1. The molecule has 5 rings (SSSR count). The molecule has 0 aromatic rings. The summed E-state index contributed by atoms with van der Waals surface area (Å²) in [6.45, 7) is 24.8. The van der Waals surface area contributed by atoms with Gasteiger partial charge in [0.1, 0.15) is 0 Å². The van der Waals surface area contributed by atoms with Gasteiger partial charge in [-0.1, -0.05) is 163 Å². The molecule has 402 valence electrons. The Bertz CT molecular complexity index is 1430. The summed E-state index contributed by atoms with van der Waals surface area (Å²) in [5.74, 6) is 3.86. The second kappa shape index (κ2) is 30.6. The molecule has 1 aliphatic heterocycles. The molecule has 0 radical (unpaired) electrons. The predicted octanol–water partition coefficient (Wildman–Crippen LogP) is 16.3. The Morgan fingerprint density at radius 2 is 1.25 bits per heavy atom. The van der Waals surface area contributed by atoms with Crippen LogP contribution in [0, 0.1) is 45.8 Å². The van der Waals surface area contributed by atoms with Crippen LogP contribution < -0.4 is 11.5 Å². The molecule has 6 nitrogen and oxygen atoms in total. The van der Waals surface area contributed by atoms with Crippen LogP contribution in [0.3, 0.4) is 0 Å². The Kier molecular flexibility index (Phi) is 26.2. The van der Waals surface area contributed by atoms with Crippen molar-refractivity contribution < 1.29 is 14.2 Å². The summed E-state index contributed by atoms with van der Waals surface area (Å²) >= 11 is 0. The average molecular weight is 965 g/mol. The van der Waals surface area contributed by atoms with Gasteiger partial charge in [-0.2, -0.15) is 0 Å². The lowest BCUT2D eigenvalue weighted by atomic mass is 9.33. The van der Waals surface area contributed by atoms with E-state index in [-0.39, 0.29) is 33.4 Å². The van der Waals surface area contributed by atoms with Crippen molar-refractivity contribution >= 4 is 0 Å².